The van der Waals surface area contributed by atoms with E-state index < -0.39 is 0 Å². The van der Waals surface area contributed by atoms with Crippen LogP contribution in [0.4, 0.5) is 0 Å². The molecule has 48 valence electrons. The fourth-order valence-corrected chi connectivity index (χ4v) is 0. The van der Waals surface area contributed by atoms with Crippen LogP contribution in [0.1, 0.15) is 7.43 Å². The smallest absolute Gasteiger partial charge is 0 e. The average Bonchev–Trinajstić information content (AvgIpc) is 0. The van der Waals surface area contributed by atoms with Crippen molar-refractivity contribution in [2.24, 2.45) is 0 Å². The SMILES string of the molecule is C.[B].[Co].[Cr].[Fe].[Ni].[Si]. The van der Waals surface area contributed by atoms with E-state index in [1.165, 1.54) is 0 Å². The van der Waals surface area contributed by atoms with Gasteiger partial charge in [-0.3, -0.25) is 0 Å². The van der Waals surface area contributed by atoms with Crippen LogP contribution in [-0.2, 0) is 67.7 Å². The van der Waals surface area contributed by atoms with E-state index >= 15 is 0 Å². The molecule has 0 nitrogen and oxygen atoms in total. The van der Waals surface area contributed by atoms with Crippen LogP contribution >= 0.6 is 0 Å². The van der Waals surface area contributed by atoms with E-state index in [4.69, 9.17) is 0 Å². The Bertz CT molecular complexity index is 19.7. The van der Waals surface area contributed by atoms with E-state index in [0.29, 0.717) is 0 Å². The predicted octanol–water partition coefficient (Wildman–Crippen LogP) is -0.136. The molecule has 0 rings (SSSR count). The first kappa shape index (κ1) is 119. The second kappa shape index (κ2) is 82.3. The summed E-state index contributed by atoms with van der Waals surface area (Å²) in [4.78, 5) is 0. The number of hydrogen-bond acceptors (Lipinski definition) is 0. The van der Waals surface area contributed by atoms with E-state index in [-0.39, 0.29) is 94.5 Å². The Balaban J connectivity index is 0. The third-order valence-electron chi connectivity index (χ3n) is 0. The average molecular weight is 280 g/mol. The summed E-state index contributed by atoms with van der Waals surface area (Å²) < 4.78 is 0. The summed E-state index contributed by atoms with van der Waals surface area (Å²) >= 11 is 0. The minimum atomic E-state index is 0. The molecule has 8 radical (unpaired) electrons. The van der Waals surface area contributed by atoms with Crippen molar-refractivity contribution in [2.75, 3.05) is 0 Å². The summed E-state index contributed by atoms with van der Waals surface area (Å²) in [6.07, 6.45) is 0. The van der Waals surface area contributed by atoms with Crippen molar-refractivity contribution in [3.8, 4) is 0 Å². The summed E-state index contributed by atoms with van der Waals surface area (Å²) in [5, 5.41) is 0. The maximum atomic E-state index is 0. The number of hydrogen-bond donors (Lipinski definition) is 0. The van der Waals surface area contributed by atoms with E-state index in [1.54, 1.807) is 0 Å². The number of rotatable bonds is 0. The molecule has 0 unspecified atom stereocenters. The summed E-state index contributed by atoms with van der Waals surface area (Å²) in [6.45, 7) is 0. The molecule has 0 atom stereocenters. The molecule has 0 aromatic rings. The van der Waals surface area contributed by atoms with Crippen molar-refractivity contribution in [1.82, 2.24) is 0 Å². The first-order chi connectivity index (χ1) is 0. The normalized spacial score (nSPS) is 0. The second-order valence-electron chi connectivity index (χ2n) is 0. The standard InChI is InChI=1S/CH4.B.Co.Cr.Fe.Ni.Si/h1H4;;;;;;. The van der Waals surface area contributed by atoms with Gasteiger partial charge in [0.2, 0.25) is 0 Å². The van der Waals surface area contributed by atoms with Gasteiger partial charge < -0.3 is 0 Å². The zero-order valence-corrected chi connectivity index (χ0v) is 7.90. The molecule has 0 saturated heterocycles. The van der Waals surface area contributed by atoms with Crippen LogP contribution in [0.2, 0.25) is 0 Å². The molecule has 0 heterocycles. The third-order valence-corrected chi connectivity index (χ3v) is 0. The minimum Gasteiger partial charge on any atom is -0.0776 e. The molecule has 0 aliphatic carbocycles. The minimum absolute atomic E-state index is 0. The van der Waals surface area contributed by atoms with Gasteiger partial charge in [-0.25, -0.2) is 0 Å². The second-order valence-corrected chi connectivity index (χ2v) is 0. The maximum absolute atomic E-state index is 0. The van der Waals surface area contributed by atoms with E-state index in [1.807, 2.05) is 0 Å². The van der Waals surface area contributed by atoms with Crippen molar-refractivity contribution in [2.45, 2.75) is 7.43 Å². The van der Waals surface area contributed by atoms with Crippen LogP contribution < -0.4 is 0 Å². The van der Waals surface area contributed by atoms with Gasteiger partial charge in [-0.1, -0.05) is 7.43 Å². The predicted molar refractivity (Wildman–Crippen MR) is 18.2 cm³/mol. The van der Waals surface area contributed by atoms with Gasteiger partial charge in [0.05, 0.1) is 0 Å². The largest absolute Gasteiger partial charge is 0.0776 e. The van der Waals surface area contributed by atoms with Gasteiger partial charge in [0.25, 0.3) is 0 Å². The van der Waals surface area contributed by atoms with Crippen molar-refractivity contribution in [3.63, 3.8) is 0 Å². The molecule has 0 fully saturated rings. The Morgan fingerprint density at radius 2 is 1.00 bits per heavy atom. The van der Waals surface area contributed by atoms with Crippen LogP contribution in [0.15, 0.2) is 0 Å². The summed E-state index contributed by atoms with van der Waals surface area (Å²) in [7, 11) is 0. The first-order valence-electron chi connectivity index (χ1n) is 0. The van der Waals surface area contributed by atoms with Crippen molar-refractivity contribution < 1.29 is 67.7 Å². The Morgan fingerprint density at radius 1 is 1.00 bits per heavy atom. The Kier molecular flexibility index (Phi) is 1400. The Morgan fingerprint density at radius 3 is 1.00 bits per heavy atom. The van der Waals surface area contributed by atoms with E-state index in [0.717, 1.165) is 0 Å². The van der Waals surface area contributed by atoms with Gasteiger partial charge in [0.1, 0.15) is 0 Å². The van der Waals surface area contributed by atoms with Gasteiger partial charge in [-0.15, -0.1) is 0 Å². The van der Waals surface area contributed by atoms with Crippen LogP contribution in [-0.4, -0.2) is 19.4 Å². The van der Waals surface area contributed by atoms with E-state index in [2.05, 4.69) is 0 Å². The molecule has 0 amide bonds. The maximum Gasteiger partial charge on any atom is 0 e. The Labute approximate surface area is 93.7 Å². The van der Waals surface area contributed by atoms with Crippen LogP contribution in [0.5, 0.6) is 0 Å². The molecule has 7 heavy (non-hydrogen) atoms. The molecule has 0 aromatic carbocycles. The summed E-state index contributed by atoms with van der Waals surface area (Å²) in [5.41, 5.74) is 0. The molecule has 0 spiro atoms. The zero-order chi connectivity index (χ0) is 0. The van der Waals surface area contributed by atoms with E-state index in [9.17, 15) is 0 Å². The van der Waals surface area contributed by atoms with Gasteiger partial charge in [0, 0.05) is 87.1 Å². The van der Waals surface area contributed by atoms with Crippen LogP contribution in [0, 0.1) is 0 Å². The van der Waals surface area contributed by atoms with Crippen LogP contribution in [0.25, 0.3) is 0 Å². The molecule has 0 aliphatic heterocycles. The molecular formula is CH4BCoCrFeNiSi. The summed E-state index contributed by atoms with van der Waals surface area (Å²) in [6, 6.07) is 0. The molecule has 0 N–H and O–H groups in total. The summed E-state index contributed by atoms with van der Waals surface area (Å²) in [5.74, 6) is 0. The van der Waals surface area contributed by atoms with Crippen molar-refractivity contribution >= 4 is 19.4 Å². The van der Waals surface area contributed by atoms with Gasteiger partial charge in [-0.05, 0) is 0 Å². The molecule has 0 aliphatic rings. The van der Waals surface area contributed by atoms with Crippen molar-refractivity contribution in [1.29, 1.82) is 0 Å². The van der Waals surface area contributed by atoms with Crippen LogP contribution in [0.3, 0.4) is 0 Å². The molecule has 0 aromatic heterocycles. The van der Waals surface area contributed by atoms with Gasteiger partial charge in [0.15, 0.2) is 0 Å². The zero-order valence-electron chi connectivity index (χ0n) is 2.49. The molecular weight excluding hydrogens is 276 g/mol. The Hall–Kier alpha value is 2.33. The molecule has 0 saturated carbocycles. The third kappa shape index (κ3) is 61.4. The fourth-order valence-electron chi connectivity index (χ4n) is 0. The van der Waals surface area contributed by atoms with Crippen molar-refractivity contribution in [3.05, 3.63) is 0 Å². The fraction of sp³-hybridized carbons (Fsp3) is 1.00. The first-order valence-corrected chi connectivity index (χ1v) is 0. The van der Waals surface area contributed by atoms with Gasteiger partial charge >= 0.3 is 0 Å². The monoisotopic (exact) mass is 280 g/mol. The molecule has 6 heteroatoms. The quantitative estimate of drug-likeness (QED) is 0.542. The topological polar surface area (TPSA) is 0 Å². The molecule has 0 bridgehead atoms. The van der Waals surface area contributed by atoms with Gasteiger partial charge in [-0.2, -0.15) is 0 Å².